The molecule has 1 saturated heterocycles. The number of nitrogens with one attached hydrogen (secondary N) is 1. The Balaban J connectivity index is 1.89. The van der Waals surface area contributed by atoms with Crippen molar-refractivity contribution in [2.24, 2.45) is 5.92 Å². The largest absolute Gasteiger partial charge is 0.344 e. The molecule has 1 aromatic rings. The Kier molecular flexibility index (Phi) is 4.40. The summed E-state index contributed by atoms with van der Waals surface area (Å²) >= 11 is 1.78. The summed E-state index contributed by atoms with van der Waals surface area (Å²) < 4.78 is 0. The van der Waals surface area contributed by atoms with Crippen LogP contribution < -0.4 is 10.2 Å². The van der Waals surface area contributed by atoms with Crippen LogP contribution in [0.25, 0.3) is 0 Å². The monoisotopic (exact) mass is 253 g/mol. The molecule has 2 rings (SSSR count). The second kappa shape index (κ2) is 5.83. The first-order valence-corrected chi connectivity index (χ1v) is 7.44. The molecule has 0 spiro atoms. The molecular formula is C13H23N3S. The van der Waals surface area contributed by atoms with Crippen molar-refractivity contribution < 1.29 is 0 Å². The van der Waals surface area contributed by atoms with Crippen molar-refractivity contribution in [3.8, 4) is 0 Å². The lowest BCUT2D eigenvalue weighted by molar-refractivity contribution is 0.512. The molecule has 0 saturated carbocycles. The molecular weight excluding hydrogens is 230 g/mol. The second-order valence-corrected chi connectivity index (χ2v) is 6.15. The van der Waals surface area contributed by atoms with E-state index in [1.807, 2.05) is 0 Å². The molecule has 0 radical (unpaired) electrons. The number of hydrogen-bond acceptors (Lipinski definition) is 4. The van der Waals surface area contributed by atoms with Gasteiger partial charge in [-0.15, -0.1) is 11.3 Å². The lowest BCUT2D eigenvalue weighted by atomic mass is 10.2. The third-order valence-corrected chi connectivity index (χ3v) is 4.16. The van der Waals surface area contributed by atoms with Gasteiger partial charge in [0.15, 0.2) is 5.13 Å². The zero-order chi connectivity index (χ0) is 12.3. The first kappa shape index (κ1) is 12.8. The van der Waals surface area contributed by atoms with Crippen molar-refractivity contribution >= 4 is 16.5 Å². The van der Waals surface area contributed by atoms with Gasteiger partial charge in [-0.1, -0.05) is 13.8 Å². The molecule has 96 valence electrons. The van der Waals surface area contributed by atoms with Crippen LogP contribution >= 0.6 is 11.3 Å². The van der Waals surface area contributed by atoms with E-state index in [-0.39, 0.29) is 0 Å². The van der Waals surface area contributed by atoms with Gasteiger partial charge in [0.2, 0.25) is 0 Å². The average molecular weight is 253 g/mol. The number of aryl methyl sites for hydroxylation is 1. The molecule has 1 unspecified atom stereocenters. The predicted molar refractivity (Wildman–Crippen MR) is 74.9 cm³/mol. The normalized spacial score (nSPS) is 20.5. The van der Waals surface area contributed by atoms with E-state index in [0.29, 0.717) is 6.04 Å². The van der Waals surface area contributed by atoms with Crippen LogP contribution in [-0.4, -0.2) is 30.7 Å². The van der Waals surface area contributed by atoms with E-state index in [2.05, 4.69) is 41.4 Å². The molecule has 4 heteroatoms. The highest BCUT2D eigenvalue weighted by atomic mass is 32.1. The third-order valence-electron chi connectivity index (χ3n) is 3.16. The van der Waals surface area contributed by atoms with Crippen molar-refractivity contribution in [2.75, 3.05) is 24.5 Å². The fourth-order valence-electron chi connectivity index (χ4n) is 2.31. The number of aromatic nitrogens is 1. The summed E-state index contributed by atoms with van der Waals surface area (Å²) in [6.45, 7) is 9.95. The predicted octanol–water partition coefficient (Wildman–Crippen LogP) is 2.67. The van der Waals surface area contributed by atoms with Crippen molar-refractivity contribution in [3.63, 3.8) is 0 Å². The first-order valence-electron chi connectivity index (χ1n) is 6.56. The summed E-state index contributed by atoms with van der Waals surface area (Å²) in [6.07, 6.45) is 2.59. The minimum Gasteiger partial charge on any atom is -0.344 e. The minimum atomic E-state index is 0.638. The van der Waals surface area contributed by atoms with E-state index in [1.165, 1.54) is 24.5 Å². The van der Waals surface area contributed by atoms with Crippen LogP contribution in [0.4, 0.5) is 5.13 Å². The molecule has 1 fully saturated rings. The van der Waals surface area contributed by atoms with Gasteiger partial charge in [-0.3, -0.25) is 0 Å². The minimum absolute atomic E-state index is 0.638. The molecule has 0 bridgehead atoms. The molecule has 17 heavy (non-hydrogen) atoms. The highest BCUT2D eigenvalue weighted by molar-refractivity contribution is 7.13. The van der Waals surface area contributed by atoms with Crippen LogP contribution in [0.15, 0.2) is 5.38 Å². The smallest absolute Gasteiger partial charge is 0.185 e. The Morgan fingerprint density at radius 1 is 1.59 bits per heavy atom. The van der Waals surface area contributed by atoms with Crippen molar-refractivity contribution in [3.05, 3.63) is 11.1 Å². The van der Waals surface area contributed by atoms with Gasteiger partial charge in [-0.2, -0.15) is 0 Å². The lowest BCUT2D eigenvalue weighted by Gasteiger charge is -2.24. The summed E-state index contributed by atoms with van der Waals surface area (Å²) in [7, 11) is 0. The second-order valence-electron chi connectivity index (χ2n) is 5.31. The van der Waals surface area contributed by atoms with E-state index >= 15 is 0 Å². The molecule has 0 aliphatic carbocycles. The van der Waals surface area contributed by atoms with Crippen molar-refractivity contribution in [2.45, 2.75) is 39.7 Å². The lowest BCUT2D eigenvalue weighted by Crippen LogP contribution is -2.39. The number of nitrogens with zero attached hydrogens (tertiary/aromatic N) is 2. The van der Waals surface area contributed by atoms with Gasteiger partial charge in [-0.25, -0.2) is 4.98 Å². The topological polar surface area (TPSA) is 28.2 Å². The molecule has 1 N–H and O–H groups in total. The van der Waals surface area contributed by atoms with Gasteiger partial charge in [0, 0.05) is 24.5 Å². The maximum atomic E-state index is 4.60. The average Bonchev–Trinajstić information content (AvgIpc) is 2.86. The Morgan fingerprint density at radius 3 is 3.06 bits per heavy atom. The molecule has 0 aromatic carbocycles. The van der Waals surface area contributed by atoms with E-state index < -0.39 is 0 Å². The number of rotatable bonds is 5. The molecule has 1 aromatic heterocycles. The Bertz CT molecular complexity index is 348. The summed E-state index contributed by atoms with van der Waals surface area (Å²) in [4.78, 5) is 7.08. The number of anilines is 1. The fourth-order valence-corrected chi connectivity index (χ4v) is 3.21. The van der Waals surface area contributed by atoms with Gasteiger partial charge in [0.25, 0.3) is 0 Å². The first-order chi connectivity index (χ1) is 8.16. The summed E-state index contributed by atoms with van der Waals surface area (Å²) in [5.41, 5.74) is 1.14. The summed E-state index contributed by atoms with van der Waals surface area (Å²) in [5, 5.41) is 6.92. The number of thiazole rings is 1. The maximum absolute atomic E-state index is 4.60. The van der Waals surface area contributed by atoms with Crippen LogP contribution in [0.3, 0.4) is 0 Å². The SMILES string of the molecule is Cc1csc(N2CCCC2CNCC(C)C)n1. The Hall–Kier alpha value is -0.610. The Labute approximate surface area is 108 Å². The van der Waals surface area contributed by atoms with Crippen LogP contribution in [0, 0.1) is 12.8 Å². The highest BCUT2D eigenvalue weighted by Crippen LogP contribution is 2.28. The van der Waals surface area contributed by atoms with Gasteiger partial charge in [-0.05, 0) is 32.2 Å². The molecule has 0 amide bonds. The van der Waals surface area contributed by atoms with Gasteiger partial charge < -0.3 is 10.2 Å². The van der Waals surface area contributed by atoms with Gasteiger partial charge in [0.05, 0.1) is 5.69 Å². The van der Waals surface area contributed by atoms with Crippen LogP contribution in [0.1, 0.15) is 32.4 Å². The van der Waals surface area contributed by atoms with E-state index in [9.17, 15) is 0 Å². The molecule has 1 aliphatic rings. The Morgan fingerprint density at radius 2 is 2.41 bits per heavy atom. The van der Waals surface area contributed by atoms with Gasteiger partial charge >= 0.3 is 0 Å². The number of hydrogen-bond donors (Lipinski definition) is 1. The van der Waals surface area contributed by atoms with E-state index in [1.54, 1.807) is 11.3 Å². The molecule has 2 heterocycles. The summed E-state index contributed by atoms with van der Waals surface area (Å²) in [6, 6.07) is 0.638. The maximum Gasteiger partial charge on any atom is 0.185 e. The quantitative estimate of drug-likeness (QED) is 0.874. The van der Waals surface area contributed by atoms with Crippen molar-refractivity contribution in [1.82, 2.24) is 10.3 Å². The third kappa shape index (κ3) is 3.42. The van der Waals surface area contributed by atoms with Crippen LogP contribution in [0.5, 0.6) is 0 Å². The molecule has 3 nitrogen and oxygen atoms in total. The standard InChI is InChI=1S/C13H23N3S/c1-10(2)7-14-8-12-5-4-6-16(12)13-15-11(3)9-17-13/h9-10,12,14H,4-8H2,1-3H3. The molecule has 1 aliphatic heterocycles. The van der Waals surface area contributed by atoms with Crippen molar-refractivity contribution in [1.29, 1.82) is 0 Å². The zero-order valence-electron chi connectivity index (χ0n) is 11.1. The summed E-state index contributed by atoms with van der Waals surface area (Å²) in [5.74, 6) is 0.729. The zero-order valence-corrected chi connectivity index (χ0v) is 11.9. The van der Waals surface area contributed by atoms with E-state index in [0.717, 1.165) is 24.7 Å². The van der Waals surface area contributed by atoms with Gasteiger partial charge in [0.1, 0.15) is 0 Å². The fraction of sp³-hybridized carbons (Fsp3) is 0.769. The highest BCUT2D eigenvalue weighted by Gasteiger charge is 2.26. The van der Waals surface area contributed by atoms with Crippen LogP contribution in [-0.2, 0) is 0 Å². The van der Waals surface area contributed by atoms with E-state index in [4.69, 9.17) is 0 Å². The molecule has 1 atom stereocenters. The van der Waals surface area contributed by atoms with Crippen LogP contribution in [0.2, 0.25) is 0 Å².